The van der Waals surface area contributed by atoms with Gasteiger partial charge < -0.3 is 24.3 Å². The summed E-state index contributed by atoms with van der Waals surface area (Å²) in [5.74, 6) is -0.0845. The summed E-state index contributed by atoms with van der Waals surface area (Å²) < 4.78 is 56.3. The fraction of sp³-hybridized carbons (Fsp3) is 0.364. The standard InChI is InChI=1S/C22H24F3NO6/c1-29-18-9-8-16(10-19(18)30-2)17(11-20(27)31-3)26-21(28)15-6-4-14(5-7-15)12-32-13-22(23,24)25/h4-10,17H,11-13H2,1-3H3,(H,26,28). The molecule has 174 valence electrons. The second-order valence-electron chi connectivity index (χ2n) is 6.73. The molecule has 0 aliphatic carbocycles. The SMILES string of the molecule is COC(=O)CC(NC(=O)c1ccc(COCC(F)(F)F)cc1)c1ccc(OC)c(OC)c1. The van der Waals surface area contributed by atoms with Gasteiger partial charge in [0.05, 0.1) is 40.4 Å². The summed E-state index contributed by atoms with van der Waals surface area (Å²) in [6.07, 6.45) is -4.53. The maximum absolute atomic E-state index is 12.7. The third-order valence-corrected chi connectivity index (χ3v) is 4.46. The van der Waals surface area contributed by atoms with E-state index in [-0.39, 0.29) is 18.6 Å². The molecule has 10 heteroatoms. The number of alkyl halides is 3. The maximum Gasteiger partial charge on any atom is 0.411 e. The van der Waals surface area contributed by atoms with Crippen LogP contribution >= 0.6 is 0 Å². The van der Waals surface area contributed by atoms with Crippen molar-refractivity contribution in [2.75, 3.05) is 27.9 Å². The molecule has 2 aromatic rings. The zero-order valence-corrected chi connectivity index (χ0v) is 17.8. The second kappa shape index (κ2) is 11.4. The zero-order chi connectivity index (χ0) is 23.7. The first-order valence-electron chi connectivity index (χ1n) is 9.50. The van der Waals surface area contributed by atoms with E-state index in [1.54, 1.807) is 18.2 Å². The summed E-state index contributed by atoms with van der Waals surface area (Å²) in [6.45, 7) is -1.59. The number of methoxy groups -OCH3 is 3. The molecule has 0 aliphatic heterocycles. The van der Waals surface area contributed by atoms with Gasteiger partial charge in [0.1, 0.15) is 6.61 Å². The lowest BCUT2D eigenvalue weighted by atomic mass is 10.0. The molecule has 0 fully saturated rings. The molecule has 1 amide bonds. The Morgan fingerprint density at radius 3 is 2.19 bits per heavy atom. The molecule has 0 spiro atoms. The minimum absolute atomic E-state index is 0.124. The van der Waals surface area contributed by atoms with Gasteiger partial charge in [0, 0.05) is 5.56 Å². The molecule has 1 unspecified atom stereocenters. The summed E-state index contributed by atoms with van der Waals surface area (Å²) in [6, 6.07) is 10.2. The number of halogens is 3. The number of carbonyl (C=O) groups is 2. The molecule has 0 bridgehead atoms. The fourth-order valence-electron chi connectivity index (χ4n) is 2.85. The molecule has 0 aliphatic rings. The molecular formula is C22H24F3NO6. The van der Waals surface area contributed by atoms with Gasteiger partial charge in [-0.05, 0) is 35.4 Å². The normalized spacial score (nSPS) is 12.1. The zero-order valence-electron chi connectivity index (χ0n) is 17.8. The Morgan fingerprint density at radius 2 is 1.62 bits per heavy atom. The van der Waals surface area contributed by atoms with Crippen molar-refractivity contribution in [1.29, 1.82) is 0 Å². The van der Waals surface area contributed by atoms with Crippen molar-refractivity contribution in [1.82, 2.24) is 5.32 Å². The van der Waals surface area contributed by atoms with Gasteiger partial charge in [-0.2, -0.15) is 13.2 Å². The molecule has 0 saturated heterocycles. The molecule has 0 saturated carbocycles. The quantitative estimate of drug-likeness (QED) is 0.549. The smallest absolute Gasteiger partial charge is 0.411 e. The predicted molar refractivity (Wildman–Crippen MR) is 109 cm³/mol. The van der Waals surface area contributed by atoms with Gasteiger partial charge in [-0.15, -0.1) is 0 Å². The third kappa shape index (κ3) is 7.45. The Balaban J connectivity index is 2.14. The summed E-state index contributed by atoms with van der Waals surface area (Å²) in [4.78, 5) is 24.6. The Morgan fingerprint density at radius 1 is 0.969 bits per heavy atom. The van der Waals surface area contributed by atoms with Crippen molar-refractivity contribution in [3.05, 3.63) is 59.2 Å². The van der Waals surface area contributed by atoms with E-state index in [4.69, 9.17) is 14.2 Å². The molecule has 2 aromatic carbocycles. The van der Waals surface area contributed by atoms with Crippen LogP contribution in [0.2, 0.25) is 0 Å². The summed E-state index contributed by atoms with van der Waals surface area (Å²) in [5.41, 5.74) is 1.34. The van der Waals surface area contributed by atoms with Crippen molar-refractivity contribution < 1.29 is 41.7 Å². The molecule has 2 rings (SSSR count). The number of hydrogen-bond donors (Lipinski definition) is 1. The molecule has 0 aromatic heterocycles. The van der Waals surface area contributed by atoms with E-state index in [1.807, 2.05) is 0 Å². The molecule has 0 radical (unpaired) electrons. The maximum atomic E-state index is 12.7. The van der Waals surface area contributed by atoms with Crippen LogP contribution in [-0.2, 0) is 20.9 Å². The predicted octanol–water partition coefficient (Wildman–Crippen LogP) is 3.82. The molecule has 1 N–H and O–H groups in total. The van der Waals surface area contributed by atoms with Crippen LogP contribution in [0.5, 0.6) is 11.5 Å². The van der Waals surface area contributed by atoms with Crippen LogP contribution in [0.25, 0.3) is 0 Å². The van der Waals surface area contributed by atoms with Gasteiger partial charge in [0.15, 0.2) is 11.5 Å². The number of nitrogens with one attached hydrogen (secondary N) is 1. The van der Waals surface area contributed by atoms with Crippen molar-refractivity contribution in [3.8, 4) is 11.5 Å². The van der Waals surface area contributed by atoms with Crippen LogP contribution < -0.4 is 14.8 Å². The monoisotopic (exact) mass is 455 g/mol. The number of hydrogen-bond acceptors (Lipinski definition) is 6. The molecule has 0 heterocycles. The molecular weight excluding hydrogens is 431 g/mol. The first-order chi connectivity index (χ1) is 15.2. The van der Waals surface area contributed by atoms with Crippen molar-refractivity contribution in [3.63, 3.8) is 0 Å². The van der Waals surface area contributed by atoms with Crippen molar-refractivity contribution >= 4 is 11.9 Å². The van der Waals surface area contributed by atoms with E-state index in [1.165, 1.54) is 45.6 Å². The summed E-state index contributed by atoms with van der Waals surface area (Å²) in [7, 11) is 4.20. The molecule has 32 heavy (non-hydrogen) atoms. The van der Waals surface area contributed by atoms with Crippen LogP contribution in [0.3, 0.4) is 0 Å². The van der Waals surface area contributed by atoms with Crippen LogP contribution in [0.4, 0.5) is 13.2 Å². The highest BCUT2D eigenvalue weighted by molar-refractivity contribution is 5.94. The van der Waals surface area contributed by atoms with Gasteiger partial charge in [-0.25, -0.2) is 0 Å². The van der Waals surface area contributed by atoms with Crippen LogP contribution in [0.1, 0.15) is 33.9 Å². The van der Waals surface area contributed by atoms with Gasteiger partial charge in [-0.3, -0.25) is 9.59 Å². The van der Waals surface area contributed by atoms with E-state index in [9.17, 15) is 22.8 Å². The van der Waals surface area contributed by atoms with E-state index >= 15 is 0 Å². The lowest BCUT2D eigenvalue weighted by Crippen LogP contribution is -2.30. The van der Waals surface area contributed by atoms with E-state index in [2.05, 4.69) is 10.1 Å². The van der Waals surface area contributed by atoms with E-state index < -0.39 is 30.7 Å². The van der Waals surface area contributed by atoms with Gasteiger partial charge >= 0.3 is 12.1 Å². The first kappa shape index (κ1) is 25.0. The average Bonchev–Trinajstić information content (AvgIpc) is 2.77. The summed E-state index contributed by atoms with van der Waals surface area (Å²) >= 11 is 0. The lowest BCUT2D eigenvalue weighted by molar-refractivity contribution is -0.176. The largest absolute Gasteiger partial charge is 0.493 e. The number of amides is 1. The van der Waals surface area contributed by atoms with E-state index in [0.29, 0.717) is 22.6 Å². The van der Waals surface area contributed by atoms with Gasteiger partial charge in [-0.1, -0.05) is 18.2 Å². The lowest BCUT2D eigenvalue weighted by Gasteiger charge is -2.20. The Labute approximate surface area is 183 Å². The van der Waals surface area contributed by atoms with Crippen molar-refractivity contribution in [2.24, 2.45) is 0 Å². The Bertz CT molecular complexity index is 915. The summed E-state index contributed by atoms with van der Waals surface area (Å²) in [5, 5.41) is 2.77. The Kier molecular flexibility index (Phi) is 8.89. The minimum Gasteiger partial charge on any atom is -0.493 e. The third-order valence-electron chi connectivity index (χ3n) is 4.46. The number of rotatable bonds is 10. The highest BCUT2D eigenvalue weighted by Crippen LogP contribution is 2.31. The van der Waals surface area contributed by atoms with Crippen molar-refractivity contribution in [2.45, 2.75) is 25.2 Å². The average molecular weight is 455 g/mol. The highest BCUT2D eigenvalue weighted by Gasteiger charge is 2.27. The topological polar surface area (TPSA) is 83.1 Å². The van der Waals surface area contributed by atoms with E-state index in [0.717, 1.165) is 0 Å². The number of ether oxygens (including phenoxy) is 4. The first-order valence-corrected chi connectivity index (χ1v) is 9.50. The number of esters is 1. The van der Waals surface area contributed by atoms with Crippen LogP contribution in [0, 0.1) is 0 Å². The second-order valence-corrected chi connectivity index (χ2v) is 6.73. The highest BCUT2D eigenvalue weighted by atomic mass is 19.4. The number of carbonyl (C=O) groups excluding carboxylic acids is 2. The van der Waals surface area contributed by atoms with Crippen LogP contribution in [-0.4, -0.2) is 46.0 Å². The van der Waals surface area contributed by atoms with Crippen LogP contribution in [0.15, 0.2) is 42.5 Å². The van der Waals surface area contributed by atoms with Gasteiger partial charge in [0.2, 0.25) is 0 Å². The minimum atomic E-state index is -4.40. The number of benzene rings is 2. The Hall–Kier alpha value is -3.27. The molecule has 1 atom stereocenters. The molecule has 7 nitrogen and oxygen atoms in total. The van der Waals surface area contributed by atoms with Gasteiger partial charge in [0.25, 0.3) is 5.91 Å². The fourth-order valence-corrected chi connectivity index (χ4v) is 2.85.